The fourth-order valence-electron chi connectivity index (χ4n) is 13.5. The van der Waals surface area contributed by atoms with Crippen LogP contribution >= 0.6 is 0 Å². The number of nitrogens with one attached hydrogen (secondary N) is 1. The van der Waals surface area contributed by atoms with Gasteiger partial charge in [-0.3, -0.25) is 4.79 Å². The summed E-state index contributed by atoms with van der Waals surface area (Å²) in [7, 11) is -2.87. The molecule has 0 bridgehead atoms. The van der Waals surface area contributed by atoms with Crippen LogP contribution < -0.4 is 5.32 Å². The van der Waals surface area contributed by atoms with E-state index in [2.05, 4.69) is 50.9 Å². The second-order valence-corrected chi connectivity index (χ2v) is 20.7. The zero-order chi connectivity index (χ0) is 35.0. The summed E-state index contributed by atoms with van der Waals surface area (Å²) in [5.74, 6) is 2.17. The number of carboxylic acid groups (broad SMARTS) is 1. The number of hydrogen-bond acceptors (Lipinski definition) is 5. The number of rotatable bonds is 7. The van der Waals surface area contributed by atoms with E-state index in [4.69, 9.17) is 0 Å². The smallest absolute Gasteiger partial charge is 0.335 e. The lowest BCUT2D eigenvalue weighted by atomic mass is 9.32. The Labute approximate surface area is 295 Å². The largest absolute Gasteiger partial charge is 0.478 e. The van der Waals surface area contributed by atoms with E-state index in [1.807, 2.05) is 12.1 Å². The van der Waals surface area contributed by atoms with Crippen LogP contribution in [0.3, 0.4) is 0 Å². The van der Waals surface area contributed by atoms with Crippen molar-refractivity contribution in [2.24, 2.45) is 50.7 Å². The highest BCUT2D eigenvalue weighted by Crippen LogP contribution is 2.77. The minimum Gasteiger partial charge on any atom is -0.478 e. The molecule has 7 rings (SSSR count). The number of amides is 1. The van der Waals surface area contributed by atoms with Crippen molar-refractivity contribution in [2.45, 2.75) is 105 Å². The van der Waals surface area contributed by atoms with Crippen molar-refractivity contribution in [3.05, 3.63) is 41.5 Å². The predicted octanol–water partition coefficient (Wildman–Crippen LogP) is 7.47. The Balaban J connectivity index is 1.07. The van der Waals surface area contributed by atoms with Crippen LogP contribution in [0.15, 0.2) is 30.3 Å². The highest BCUT2D eigenvalue weighted by atomic mass is 32.2. The summed E-state index contributed by atoms with van der Waals surface area (Å²) in [5.41, 5.74) is 3.30. The molecule has 1 aromatic rings. The quantitative estimate of drug-likeness (QED) is 0.288. The number of carbonyl (C=O) groups excluding carboxylic acids is 1. The van der Waals surface area contributed by atoms with Crippen molar-refractivity contribution in [1.82, 2.24) is 10.2 Å². The molecule has 1 heterocycles. The lowest BCUT2D eigenvalue weighted by molar-refractivity contribution is -0.222. The number of fused-ring (bicyclic) bond motifs is 7. The van der Waals surface area contributed by atoms with Crippen molar-refractivity contribution < 1.29 is 23.1 Å². The highest BCUT2D eigenvalue weighted by Gasteiger charge is 2.70. The van der Waals surface area contributed by atoms with Gasteiger partial charge < -0.3 is 15.3 Å². The molecule has 1 aromatic carbocycles. The molecule has 0 spiro atoms. The van der Waals surface area contributed by atoms with Gasteiger partial charge in [-0.15, -0.1) is 0 Å². The van der Waals surface area contributed by atoms with Crippen LogP contribution in [0, 0.1) is 50.7 Å². The highest BCUT2D eigenvalue weighted by molar-refractivity contribution is 7.91. The van der Waals surface area contributed by atoms with Gasteiger partial charge in [-0.25, -0.2) is 13.2 Å². The molecule has 2 unspecified atom stereocenters. The van der Waals surface area contributed by atoms with Crippen molar-refractivity contribution in [1.29, 1.82) is 0 Å². The van der Waals surface area contributed by atoms with E-state index in [9.17, 15) is 23.1 Å². The maximum absolute atomic E-state index is 14.1. The Morgan fingerprint density at radius 2 is 1.57 bits per heavy atom. The maximum atomic E-state index is 14.1. The zero-order valence-corrected chi connectivity index (χ0v) is 31.5. The molecule has 2 N–H and O–H groups in total. The van der Waals surface area contributed by atoms with Gasteiger partial charge in [0.05, 0.1) is 22.5 Å². The van der Waals surface area contributed by atoms with Crippen LogP contribution in [-0.4, -0.2) is 68.0 Å². The van der Waals surface area contributed by atoms with Crippen molar-refractivity contribution in [3.63, 3.8) is 0 Å². The molecule has 7 nitrogen and oxygen atoms in total. The SMILES string of the molecule is CC1(C)C(c2ccc(C(=O)O)cc2)=CC[C@@]2(C)C1CC[C@]1(C)C2CC[C@@H]2[C@H]3CCC[C@]3(C(=O)NCCCN3CCS(=O)(=O)CC3)CC[C@]21C. The van der Waals surface area contributed by atoms with E-state index < -0.39 is 15.8 Å². The Morgan fingerprint density at radius 3 is 2.27 bits per heavy atom. The van der Waals surface area contributed by atoms with Crippen molar-refractivity contribution in [3.8, 4) is 0 Å². The molecule has 1 saturated heterocycles. The third-order valence-electron chi connectivity index (χ3n) is 16.2. The second-order valence-electron chi connectivity index (χ2n) is 18.4. The minimum atomic E-state index is -2.87. The Bertz CT molecular complexity index is 1600. The summed E-state index contributed by atoms with van der Waals surface area (Å²) in [6.45, 7) is 15.5. The van der Waals surface area contributed by atoms with Gasteiger partial charge in [-0.1, -0.05) is 59.2 Å². The minimum absolute atomic E-state index is 0.00616. The van der Waals surface area contributed by atoms with Gasteiger partial charge >= 0.3 is 5.97 Å². The molecule has 5 aliphatic carbocycles. The van der Waals surface area contributed by atoms with Crippen LogP contribution in [0.5, 0.6) is 0 Å². The molecular formula is C41H60N2O5S. The molecule has 0 radical (unpaired) electrons. The monoisotopic (exact) mass is 692 g/mol. The van der Waals surface area contributed by atoms with Crippen LogP contribution in [-0.2, 0) is 14.6 Å². The molecular weight excluding hydrogens is 633 g/mol. The van der Waals surface area contributed by atoms with Gasteiger partial charge in [0.15, 0.2) is 9.84 Å². The number of nitrogens with zero attached hydrogens (tertiary/aromatic N) is 1. The number of benzene rings is 1. The molecule has 8 atom stereocenters. The number of carboxylic acids is 1. The number of carbonyl (C=O) groups is 2. The summed E-state index contributed by atoms with van der Waals surface area (Å²) in [6, 6.07) is 7.52. The van der Waals surface area contributed by atoms with Crippen LogP contribution in [0.4, 0.5) is 0 Å². The summed E-state index contributed by atoms with van der Waals surface area (Å²) in [6.07, 6.45) is 14.9. The van der Waals surface area contributed by atoms with Gasteiger partial charge in [-0.2, -0.15) is 0 Å². The van der Waals surface area contributed by atoms with Crippen molar-refractivity contribution in [2.75, 3.05) is 37.7 Å². The molecule has 8 heteroatoms. The first-order valence-corrected chi connectivity index (χ1v) is 21.2. The lowest BCUT2D eigenvalue weighted by Crippen LogP contribution is -2.65. The second kappa shape index (κ2) is 12.2. The number of allylic oxidation sites excluding steroid dienone is 2. The topological polar surface area (TPSA) is 104 Å². The summed E-state index contributed by atoms with van der Waals surface area (Å²) < 4.78 is 23.6. The van der Waals surface area contributed by atoms with Gasteiger partial charge in [0.25, 0.3) is 0 Å². The van der Waals surface area contributed by atoms with Crippen molar-refractivity contribution >= 4 is 27.3 Å². The first-order chi connectivity index (χ1) is 23.1. The van der Waals surface area contributed by atoms with Gasteiger partial charge in [0.1, 0.15) is 0 Å². The summed E-state index contributed by atoms with van der Waals surface area (Å²) in [4.78, 5) is 27.9. The molecule has 5 fully saturated rings. The van der Waals surface area contributed by atoms with Gasteiger partial charge in [0, 0.05) is 19.6 Å². The summed E-state index contributed by atoms with van der Waals surface area (Å²) in [5, 5.41) is 12.9. The standard InChI is InChI=1S/C41H60N2O5S/c1-37(2)30(28-9-11-29(12-10-28)35(44)45)15-18-38(3)33(37)16-19-40(5)34(38)14-13-31-32-8-6-17-41(32,21-20-39(31,40)4)36(46)42-22-7-23-43-24-26-49(47,48)27-25-43/h9-12,15,31-34H,6-8,13-14,16-27H2,1-5H3,(H,42,46)(H,44,45)/t31-,32-,33?,34?,38+,39-,40-,41+/m1/s1. The molecule has 49 heavy (non-hydrogen) atoms. The van der Waals surface area contributed by atoms with E-state index >= 15 is 0 Å². The fraction of sp³-hybridized carbons (Fsp3) is 0.756. The van der Waals surface area contributed by atoms with E-state index in [1.54, 1.807) is 12.1 Å². The third kappa shape index (κ3) is 5.47. The molecule has 1 amide bonds. The first kappa shape index (κ1) is 35.2. The van der Waals surface area contributed by atoms with E-state index in [0.717, 1.165) is 50.6 Å². The van der Waals surface area contributed by atoms with Gasteiger partial charge in [-0.05, 0) is 139 Å². The Hall–Kier alpha value is -2.19. The normalized spacial score (nSPS) is 41.0. The average Bonchev–Trinajstić information content (AvgIpc) is 3.49. The number of hydrogen-bond donors (Lipinski definition) is 2. The average molecular weight is 693 g/mol. The molecule has 0 aromatic heterocycles. The van der Waals surface area contributed by atoms with Gasteiger partial charge in [0.2, 0.25) is 5.91 Å². The number of sulfone groups is 1. The Kier molecular flexibility index (Phi) is 8.77. The summed E-state index contributed by atoms with van der Waals surface area (Å²) >= 11 is 0. The van der Waals surface area contributed by atoms with E-state index in [0.29, 0.717) is 54.8 Å². The van der Waals surface area contributed by atoms with Crippen LogP contribution in [0.1, 0.15) is 121 Å². The predicted molar refractivity (Wildman–Crippen MR) is 195 cm³/mol. The third-order valence-corrected chi connectivity index (χ3v) is 17.8. The zero-order valence-electron chi connectivity index (χ0n) is 30.7. The Morgan fingerprint density at radius 1 is 0.857 bits per heavy atom. The fourth-order valence-corrected chi connectivity index (χ4v) is 14.8. The number of aromatic carboxylic acids is 1. The van der Waals surface area contributed by atoms with E-state index in [1.165, 1.54) is 37.7 Å². The van der Waals surface area contributed by atoms with Crippen LogP contribution in [0.2, 0.25) is 0 Å². The molecule has 6 aliphatic rings. The first-order valence-electron chi connectivity index (χ1n) is 19.3. The maximum Gasteiger partial charge on any atom is 0.335 e. The van der Waals surface area contributed by atoms with Crippen LogP contribution in [0.25, 0.3) is 5.57 Å². The van der Waals surface area contributed by atoms with E-state index in [-0.39, 0.29) is 38.6 Å². The molecule has 4 saturated carbocycles. The molecule has 1 aliphatic heterocycles. The molecule has 270 valence electrons. The lowest BCUT2D eigenvalue weighted by Gasteiger charge is -2.72.